The van der Waals surface area contributed by atoms with Crippen molar-refractivity contribution < 1.29 is 23.8 Å². The summed E-state index contributed by atoms with van der Waals surface area (Å²) in [5.74, 6) is -0.651. The summed E-state index contributed by atoms with van der Waals surface area (Å²) in [7, 11) is 0. The molecule has 0 aromatic carbocycles. The third-order valence-corrected chi connectivity index (χ3v) is 3.38. The highest BCUT2D eigenvalue weighted by Crippen LogP contribution is 2.25. The lowest BCUT2D eigenvalue weighted by Crippen LogP contribution is -2.48. The van der Waals surface area contributed by atoms with Gasteiger partial charge in [0.2, 0.25) is 0 Å². The lowest BCUT2D eigenvalue weighted by molar-refractivity contribution is -0.0354. The first-order valence-corrected chi connectivity index (χ1v) is 7.72. The molecule has 2 rings (SSSR count). The van der Waals surface area contributed by atoms with Crippen LogP contribution in [0.15, 0.2) is 12.3 Å². The second kappa shape index (κ2) is 7.12. The van der Waals surface area contributed by atoms with Gasteiger partial charge in [0, 0.05) is 19.0 Å². The Hall–Kier alpha value is -1.89. The number of likely N-dealkylation sites (tertiary alicyclic amines) is 1. The molecule has 1 saturated heterocycles. The van der Waals surface area contributed by atoms with Gasteiger partial charge in [0.05, 0.1) is 18.5 Å². The molecule has 1 aromatic rings. The van der Waals surface area contributed by atoms with E-state index in [0.29, 0.717) is 18.7 Å². The Balaban J connectivity index is 2.14. The van der Waals surface area contributed by atoms with E-state index >= 15 is 0 Å². The lowest BCUT2D eigenvalue weighted by Gasteiger charge is -2.36. The van der Waals surface area contributed by atoms with Gasteiger partial charge in [-0.1, -0.05) is 0 Å². The van der Waals surface area contributed by atoms with Gasteiger partial charge in [-0.15, -0.1) is 0 Å². The van der Waals surface area contributed by atoms with Gasteiger partial charge >= 0.3 is 6.09 Å². The minimum atomic E-state index is -0.628. The van der Waals surface area contributed by atoms with Crippen molar-refractivity contribution in [1.82, 2.24) is 9.88 Å². The van der Waals surface area contributed by atoms with Crippen molar-refractivity contribution in [2.75, 3.05) is 6.54 Å². The number of aliphatic hydroxyl groups excluding tert-OH is 1. The molecule has 0 saturated carbocycles. The van der Waals surface area contributed by atoms with Crippen LogP contribution in [0.5, 0.6) is 5.75 Å². The van der Waals surface area contributed by atoms with E-state index in [4.69, 9.17) is 14.6 Å². The Morgan fingerprint density at radius 1 is 1.48 bits per heavy atom. The Bertz CT molecular complexity index is 560. The van der Waals surface area contributed by atoms with Crippen molar-refractivity contribution in [2.24, 2.45) is 0 Å². The van der Waals surface area contributed by atoms with Crippen molar-refractivity contribution in [3.8, 4) is 5.75 Å². The first kappa shape index (κ1) is 17.5. The fourth-order valence-electron chi connectivity index (χ4n) is 2.34. The van der Waals surface area contributed by atoms with Gasteiger partial charge in [-0.25, -0.2) is 9.18 Å². The molecule has 0 aliphatic carbocycles. The molecule has 0 bridgehead atoms. The summed E-state index contributed by atoms with van der Waals surface area (Å²) in [4.78, 5) is 17.5. The summed E-state index contributed by atoms with van der Waals surface area (Å²) in [6.07, 6.45) is 2.25. The summed E-state index contributed by atoms with van der Waals surface area (Å²) in [5, 5.41) is 9.10. The molecule has 23 heavy (non-hydrogen) atoms. The molecule has 128 valence electrons. The topological polar surface area (TPSA) is 71.9 Å². The van der Waals surface area contributed by atoms with Gasteiger partial charge in [0.25, 0.3) is 0 Å². The molecule has 1 aliphatic rings. The number of amides is 1. The maximum absolute atomic E-state index is 13.9. The molecule has 0 radical (unpaired) electrons. The molecule has 2 heterocycles. The molecular formula is C16H23FN2O4. The molecule has 1 fully saturated rings. The van der Waals surface area contributed by atoms with Crippen LogP contribution in [0.4, 0.5) is 9.18 Å². The van der Waals surface area contributed by atoms with E-state index in [-0.39, 0.29) is 12.4 Å². The Labute approximate surface area is 135 Å². The van der Waals surface area contributed by atoms with Gasteiger partial charge in [-0.05, 0) is 33.6 Å². The first-order valence-electron chi connectivity index (χ1n) is 7.72. The fourth-order valence-corrected chi connectivity index (χ4v) is 2.34. The van der Waals surface area contributed by atoms with E-state index in [1.165, 1.54) is 11.0 Å². The van der Waals surface area contributed by atoms with Crippen molar-refractivity contribution >= 4 is 6.09 Å². The van der Waals surface area contributed by atoms with Crippen LogP contribution in [0.1, 0.15) is 45.7 Å². The number of aliphatic hydroxyl groups is 1. The average molecular weight is 326 g/mol. The van der Waals surface area contributed by atoms with E-state index in [1.54, 1.807) is 20.8 Å². The van der Waals surface area contributed by atoms with Gasteiger partial charge in [0.1, 0.15) is 5.60 Å². The van der Waals surface area contributed by atoms with E-state index in [2.05, 4.69) is 4.98 Å². The minimum Gasteiger partial charge on any atom is -0.467 e. The van der Waals surface area contributed by atoms with Crippen molar-refractivity contribution in [2.45, 2.75) is 58.5 Å². The maximum atomic E-state index is 13.9. The molecule has 1 N–H and O–H groups in total. The number of rotatable bonds is 3. The molecule has 1 unspecified atom stereocenters. The van der Waals surface area contributed by atoms with Crippen LogP contribution in [0.3, 0.4) is 0 Å². The number of piperidine rings is 1. The number of carbonyl (C=O) groups is 1. The molecule has 1 atom stereocenters. The second-order valence-electron chi connectivity index (χ2n) is 6.51. The van der Waals surface area contributed by atoms with Crippen LogP contribution in [-0.4, -0.2) is 39.5 Å². The summed E-state index contributed by atoms with van der Waals surface area (Å²) >= 11 is 0. The normalized spacial score (nSPS) is 18.7. The van der Waals surface area contributed by atoms with Crippen molar-refractivity contribution in [3.63, 3.8) is 0 Å². The van der Waals surface area contributed by atoms with Crippen molar-refractivity contribution in [1.29, 1.82) is 0 Å². The van der Waals surface area contributed by atoms with Crippen LogP contribution in [0, 0.1) is 5.82 Å². The highest BCUT2D eigenvalue weighted by atomic mass is 19.1. The zero-order chi connectivity index (χ0) is 17.0. The lowest BCUT2D eigenvalue weighted by atomic mass is 10.1. The number of hydrogen-bond donors (Lipinski definition) is 1. The van der Waals surface area contributed by atoms with E-state index in [9.17, 15) is 9.18 Å². The maximum Gasteiger partial charge on any atom is 0.413 e. The van der Waals surface area contributed by atoms with Crippen LogP contribution >= 0.6 is 0 Å². The van der Waals surface area contributed by atoms with Gasteiger partial charge in [-0.2, -0.15) is 0 Å². The van der Waals surface area contributed by atoms with E-state index in [0.717, 1.165) is 19.0 Å². The van der Waals surface area contributed by atoms with Crippen LogP contribution in [0.25, 0.3) is 0 Å². The average Bonchev–Trinajstić information content (AvgIpc) is 2.48. The second-order valence-corrected chi connectivity index (χ2v) is 6.51. The summed E-state index contributed by atoms with van der Waals surface area (Å²) in [6.45, 7) is 5.57. The smallest absolute Gasteiger partial charge is 0.413 e. The highest BCUT2D eigenvalue weighted by molar-refractivity contribution is 5.68. The number of hydrogen-bond acceptors (Lipinski definition) is 5. The summed E-state index contributed by atoms with van der Waals surface area (Å²) < 4.78 is 24.9. The molecule has 7 heteroatoms. The summed E-state index contributed by atoms with van der Waals surface area (Å²) in [5.41, 5.74) is -0.300. The van der Waals surface area contributed by atoms with Crippen molar-refractivity contribution in [3.05, 3.63) is 23.8 Å². The zero-order valence-corrected chi connectivity index (χ0v) is 13.7. The predicted molar refractivity (Wildman–Crippen MR) is 81.3 cm³/mol. The van der Waals surface area contributed by atoms with Gasteiger partial charge in [0.15, 0.2) is 17.8 Å². The SMILES string of the molecule is CC(C)(C)OC(=O)N1CCCCC1Oc1cc(CO)ncc1F. The van der Waals surface area contributed by atoms with Crippen LogP contribution in [-0.2, 0) is 11.3 Å². The zero-order valence-electron chi connectivity index (χ0n) is 13.7. The number of halogens is 1. The number of aromatic nitrogens is 1. The monoisotopic (exact) mass is 326 g/mol. The predicted octanol–water partition coefficient (Wildman–Crippen LogP) is 2.84. The van der Waals surface area contributed by atoms with E-state index < -0.39 is 23.7 Å². The number of ether oxygens (including phenoxy) is 2. The Morgan fingerprint density at radius 3 is 2.87 bits per heavy atom. The molecule has 1 aliphatic heterocycles. The van der Waals surface area contributed by atoms with Crippen LogP contribution in [0.2, 0.25) is 0 Å². The first-order chi connectivity index (χ1) is 10.8. The number of nitrogens with zero attached hydrogens (tertiary/aromatic N) is 2. The van der Waals surface area contributed by atoms with Gasteiger partial charge in [-0.3, -0.25) is 9.88 Å². The molecule has 6 nitrogen and oxygen atoms in total. The molecular weight excluding hydrogens is 303 g/mol. The van der Waals surface area contributed by atoms with Gasteiger partial charge < -0.3 is 14.6 Å². The largest absolute Gasteiger partial charge is 0.467 e. The Morgan fingerprint density at radius 2 is 2.22 bits per heavy atom. The third-order valence-electron chi connectivity index (χ3n) is 3.38. The highest BCUT2D eigenvalue weighted by Gasteiger charge is 2.32. The Kier molecular flexibility index (Phi) is 5.41. The number of pyridine rings is 1. The summed E-state index contributed by atoms with van der Waals surface area (Å²) in [6, 6.07) is 1.34. The number of carbonyl (C=O) groups excluding carboxylic acids is 1. The molecule has 0 spiro atoms. The third kappa shape index (κ3) is 4.79. The molecule has 1 aromatic heterocycles. The standard InChI is InChI=1S/C16H23FN2O4/c1-16(2,3)23-15(21)19-7-5-4-6-14(19)22-13-8-11(10-20)18-9-12(13)17/h8-9,14,20H,4-7,10H2,1-3H3. The minimum absolute atomic E-state index is 0.0236. The quantitative estimate of drug-likeness (QED) is 0.925. The van der Waals surface area contributed by atoms with Crippen LogP contribution < -0.4 is 4.74 Å². The van der Waals surface area contributed by atoms with E-state index in [1.807, 2.05) is 0 Å². The molecule has 1 amide bonds. The fraction of sp³-hybridized carbons (Fsp3) is 0.625.